The first-order chi connectivity index (χ1) is 13.8. The highest BCUT2D eigenvalue weighted by Crippen LogP contribution is 2.37. The zero-order valence-electron chi connectivity index (χ0n) is 16.7. The summed E-state index contributed by atoms with van der Waals surface area (Å²) in [6, 6.07) is 8.70. The van der Waals surface area contributed by atoms with Crippen molar-refractivity contribution in [2.24, 2.45) is 0 Å². The predicted molar refractivity (Wildman–Crippen MR) is 109 cm³/mol. The maximum Gasteiger partial charge on any atom is 0.340 e. The fraction of sp³-hybridized carbons (Fsp3) is 0.250. The van der Waals surface area contributed by atoms with Crippen LogP contribution in [-0.2, 0) is 14.8 Å². The van der Waals surface area contributed by atoms with E-state index in [-0.39, 0.29) is 34.2 Å². The van der Waals surface area contributed by atoms with Gasteiger partial charge in [-0.25, -0.2) is 13.2 Å². The fourth-order valence-electron chi connectivity index (χ4n) is 2.67. The standard InChI is InChI=1S/C20H23NO7S/c1-6-11-21(29(23,24)15-9-7-14(25-2)8-10-15)17-13-19(27-4)18(26-3)12-16(17)20(22)28-5/h6-10,12-13H,1,11H2,2-5H3. The van der Waals surface area contributed by atoms with Crippen molar-refractivity contribution < 1.29 is 32.2 Å². The molecule has 2 aromatic carbocycles. The van der Waals surface area contributed by atoms with E-state index in [1.807, 2.05) is 0 Å². The number of sulfonamides is 1. The van der Waals surface area contributed by atoms with Crippen LogP contribution < -0.4 is 18.5 Å². The van der Waals surface area contributed by atoms with Gasteiger partial charge in [0.25, 0.3) is 10.0 Å². The Kier molecular flexibility index (Phi) is 7.11. The molecule has 0 bridgehead atoms. The second-order valence-corrected chi connectivity index (χ2v) is 7.58. The lowest BCUT2D eigenvalue weighted by molar-refractivity contribution is 0.0601. The maximum atomic E-state index is 13.4. The van der Waals surface area contributed by atoms with Crippen molar-refractivity contribution in [3.63, 3.8) is 0 Å². The van der Waals surface area contributed by atoms with Crippen LogP contribution in [0.5, 0.6) is 17.2 Å². The van der Waals surface area contributed by atoms with E-state index in [2.05, 4.69) is 6.58 Å². The highest BCUT2D eigenvalue weighted by Gasteiger charge is 2.30. The smallest absolute Gasteiger partial charge is 0.340 e. The molecule has 8 nitrogen and oxygen atoms in total. The van der Waals surface area contributed by atoms with Gasteiger partial charge in [0.05, 0.1) is 51.1 Å². The summed E-state index contributed by atoms with van der Waals surface area (Å²) in [6.07, 6.45) is 1.42. The lowest BCUT2D eigenvalue weighted by Crippen LogP contribution is -2.32. The summed E-state index contributed by atoms with van der Waals surface area (Å²) >= 11 is 0. The van der Waals surface area contributed by atoms with E-state index in [4.69, 9.17) is 18.9 Å². The summed E-state index contributed by atoms with van der Waals surface area (Å²) in [5.74, 6) is 0.312. The van der Waals surface area contributed by atoms with Crippen LogP contribution in [0.25, 0.3) is 0 Å². The van der Waals surface area contributed by atoms with Crippen molar-refractivity contribution in [1.82, 2.24) is 0 Å². The fourth-order valence-corrected chi connectivity index (χ4v) is 4.11. The van der Waals surface area contributed by atoms with Gasteiger partial charge in [-0.1, -0.05) is 6.08 Å². The zero-order valence-corrected chi connectivity index (χ0v) is 17.5. The Balaban J connectivity index is 2.72. The summed E-state index contributed by atoms with van der Waals surface area (Å²) in [5, 5.41) is 0. The number of carbonyl (C=O) groups is 1. The van der Waals surface area contributed by atoms with Crippen LogP contribution in [0.2, 0.25) is 0 Å². The molecule has 0 fully saturated rings. The van der Waals surface area contributed by atoms with Crippen LogP contribution in [0.3, 0.4) is 0 Å². The molecule has 0 atom stereocenters. The minimum Gasteiger partial charge on any atom is -0.497 e. The first-order valence-electron chi connectivity index (χ1n) is 8.46. The number of rotatable bonds is 9. The number of benzene rings is 2. The number of methoxy groups -OCH3 is 4. The SMILES string of the molecule is C=CCN(c1cc(OC)c(OC)cc1C(=O)OC)S(=O)(=O)c1ccc(OC)cc1. The highest BCUT2D eigenvalue weighted by atomic mass is 32.2. The molecule has 0 saturated carbocycles. The summed E-state index contributed by atoms with van der Waals surface area (Å²) in [5.41, 5.74) is 0.0781. The number of hydrogen-bond acceptors (Lipinski definition) is 7. The van der Waals surface area contributed by atoms with Crippen molar-refractivity contribution in [2.75, 3.05) is 39.3 Å². The molecule has 0 spiro atoms. The van der Waals surface area contributed by atoms with Crippen molar-refractivity contribution >= 4 is 21.7 Å². The maximum absolute atomic E-state index is 13.4. The Morgan fingerprint density at radius 2 is 1.59 bits per heavy atom. The Bertz CT molecular complexity index is 985. The number of carbonyl (C=O) groups excluding carboxylic acids is 1. The van der Waals surface area contributed by atoms with Gasteiger partial charge in [-0.3, -0.25) is 4.31 Å². The van der Waals surface area contributed by atoms with E-state index in [9.17, 15) is 13.2 Å². The van der Waals surface area contributed by atoms with Crippen molar-refractivity contribution in [3.8, 4) is 17.2 Å². The van der Waals surface area contributed by atoms with Crippen LogP contribution in [0, 0.1) is 0 Å². The molecule has 0 aromatic heterocycles. The van der Waals surface area contributed by atoms with E-state index >= 15 is 0 Å². The third-order valence-corrected chi connectivity index (χ3v) is 5.91. The molecule has 0 saturated heterocycles. The quantitative estimate of drug-likeness (QED) is 0.454. The largest absolute Gasteiger partial charge is 0.497 e. The van der Waals surface area contributed by atoms with Crippen LogP contribution in [0.1, 0.15) is 10.4 Å². The van der Waals surface area contributed by atoms with Gasteiger partial charge >= 0.3 is 5.97 Å². The average Bonchev–Trinajstić information content (AvgIpc) is 2.75. The van der Waals surface area contributed by atoms with Gasteiger partial charge in [-0.05, 0) is 24.3 Å². The van der Waals surface area contributed by atoms with Crippen molar-refractivity contribution in [2.45, 2.75) is 4.90 Å². The van der Waals surface area contributed by atoms with Gasteiger partial charge in [-0.2, -0.15) is 0 Å². The van der Waals surface area contributed by atoms with E-state index in [0.717, 1.165) is 4.31 Å². The number of hydrogen-bond donors (Lipinski definition) is 0. The third kappa shape index (κ3) is 4.45. The molecule has 0 unspecified atom stereocenters. The van der Waals surface area contributed by atoms with Crippen LogP contribution in [0.15, 0.2) is 53.9 Å². The van der Waals surface area contributed by atoms with Gasteiger partial charge in [0.2, 0.25) is 0 Å². The topological polar surface area (TPSA) is 91.4 Å². The van der Waals surface area contributed by atoms with Crippen LogP contribution in [-0.4, -0.2) is 49.4 Å². The van der Waals surface area contributed by atoms with E-state index in [0.29, 0.717) is 5.75 Å². The molecule has 0 radical (unpaired) electrons. The summed E-state index contributed by atoms with van der Waals surface area (Å²) in [7, 11) is 1.47. The minimum atomic E-state index is -4.05. The minimum absolute atomic E-state index is 0.00378. The van der Waals surface area contributed by atoms with Gasteiger partial charge in [0.15, 0.2) is 11.5 Å². The number of nitrogens with zero attached hydrogens (tertiary/aromatic N) is 1. The molecule has 9 heteroatoms. The Morgan fingerprint density at radius 1 is 1.00 bits per heavy atom. The lowest BCUT2D eigenvalue weighted by Gasteiger charge is -2.26. The van der Waals surface area contributed by atoms with Crippen LogP contribution in [0.4, 0.5) is 5.69 Å². The lowest BCUT2D eigenvalue weighted by atomic mass is 10.1. The first kappa shape index (κ1) is 22.1. The van der Waals surface area contributed by atoms with E-state index in [1.54, 1.807) is 0 Å². The van der Waals surface area contributed by atoms with Gasteiger partial charge < -0.3 is 18.9 Å². The van der Waals surface area contributed by atoms with E-state index in [1.165, 1.54) is 70.9 Å². The Labute approximate surface area is 170 Å². The molecule has 0 heterocycles. The van der Waals surface area contributed by atoms with Crippen LogP contribution >= 0.6 is 0 Å². The second-order valence-electron chi connectivity index (χ2n) is 5.72. The molecule has 2 aromatic rings. The first-order valence-corrected chi connectivity index (χ1v) is 9.90. The van der Waals surface area contributed by atoms with Gasteiger partial charge in [0, 0.05) is 12.1 Å². The molecular formula is C20H23NO7S. The Hall–Kier alpha value is -3.20. The molecule has 0 aliphatic carbocycles. The molecule has 0 aliphatic heterocycles. The van der Waals surface area contributed by atoms with Gasteiger partial charge in [0.1, 0.15) is 5.75 Å². The number of esters is 1. The summed E-state index contributed by atoms with van der Waals surface area (Å²) in [4.78, 5) is 12.4. The number of ether oxygens (including phenoxy) is 4. The highest BCUT2D eigenvalue weighted by molar-refractivity contribution is 7.92. The van der Waals surface area contributed by atoms with Crippen molar-refractivity contribution in [1.29, 1.82) is 0 Å². The molecular weight excluding hydrogens is 398 g/mol. The second kappa shape index (κ2) is 9.33. The predicted octanol–water partition coefficient (Wildman–Crippen LogP) is 2.88. The molecule has 0 aliphatic rings. The summed E-state index contributed by atoms with van der Waals surface area (Å²) < 4.78 is 48.2. The normalized spacial score (nSPS) is 10.8. The molecule has 0 amide bonds. The monoisotopic (exact) mass is 421 g/mol. The summed E-state index contributed by atoms with van der Waals surface area (Å²) in [6.45, 7) is 3.54. The molecule has 156 valence electrons. The molecule has 2 rings (SSSR count). The molecule has 29 heavy (non-hydrogen) atoms. The zero-order chi connectivity index (χ0) is 21.6. The Morgan fingerprint density at radius 3 is 2.07 bits per heavy atom. The third-order valence-electron chi connectivity index (χ3n) is 4.12. The van der Waals surface area contributed by atoms with E-state index < -0.39 is 16.0 Å². The van der Waals surface area contributed by atoms with Gasteiger partial charge in [-0.15, -0.1) is 6.58 Å². The molecule has 0 N–H and O–H groups in total. The number of anilines is 1. The average molecular weight is 421 g/mol. The van der Waals surface area contributed by atoms with Crippen molar-refractivity contribution in [3.05, 3.63) is 54.6 Å².